The van der Waals surface area contributed by atoms with Gasteiger partial charge in [0, 0.05) is 11.4 Å². The third-order valence-electron chi connectivity index (χ3n) is 4.32. The third-order valence-corrected chi connectivity index (χ3v) is 5.30. The Balaban J connectivity index is 1.62. The van der Waals surface area contributed by atoms with Gasteiger partial charge in [0.25, 0.3) is 0 Å². The summed E-state index contributed by atoms with van der Waals surface area (Å²) in [5.74, 6) is 0.806. The first kappa shape index (κ1) is 16.7. The molecule has 1 aromatic carbocycles. The molecule has 1 atom stereocenters. The Hall–Kier alpha value is -2.77. The lowest BCUT2D eigenvalue weighted by molar-refractivity contribution is 0.316. The molecule has 4 aromatic rings. The Bertz CT molecular complexity index is 978. The van der Waals surface area contributed by atoms with Crippen LogP contribution in [0.4, 0.5) is 5.82 Å². The first-order valence-electron chi connectivity index (χ1n) is 8.42. The summed E-state index contributed by atoms with van der Waals surface area (Å²) in [4.78, 5) is 12.4. The SMILES string of the molecule is CN(C)[C@H](CNc1ncnc2c1cnn2-c1ccccc1)c1cccs1. The van der Waals surface area contributed by atoms with Crippen molar-refractivity contribution in [2.45, 2.75) is 6.04 Å². The fourth-order valence-corrected chi connectivity index (χ4v) is 3.88. The molecule has 0 saturated carbocycles. The van der Waals surface area contributed by atoms with Gasteiger partial charge in [-0.05, 0) is 37.7 Å². The van der Waals surface area contributed by atoms with Crippen LogP contribution < -0.4 is 5.32 Å². The summed E-state index contributed by atoms with van der Waals surface area (Å²) < 4.78 is 1.84. The summed E-state index contributed by atoms with van der Waals surface area (Å²) in [5, 5.41) is 11.0. The Morgan fingerprint density at radius 2 is 1.96 bits per heavy atom. The number of aromatic nitrogens is 4. The standard InChI is InChI=1S/C19H20N6S/c1-24(2)16(17-9-6-10-26-17)12-20-18-15-11-23-25(19(15)22-13-21-18)14-7-4-3-5-8-14/h3-11,13,16H,12H2,1-2H3,(H,20,21,22)/t16-/m1/s1. The second-order valence-corrected chi connectivity index (χ2v) is 7.21. The highest BCUT2D eigenvalue weighted by Gasteiger charge is 2.17. The first-order chi connectivity index (χ1) is 12.7. The number of rotatable bonds is 6. The predicted molar refractivity (Wildman–Crippen MR) is 106 cm³/mol. The van der Waals surface area contributed by atoms with Gasteiger partial charge >= 0.3 is 0 Å². The maximum atomic E-state index is 4.50. The van der Waals surface area contributed by atoms with Crippen LogP contribution >= 0.6 is 11.3 Å². The molecule has 3 heterocycles. The third kappa shape index (κ3) is 3.18. The topological polar surface area (TPSA) is 58.9 Å². The zero-order valence-electron chi connectivity index (χ0n) is 14.7. The van der Waals surface area contributed by atoms with Crippen LogP contribution in [0.1, 0.15) is 10.9 Å². The van der Waals surface area contributed by atoms with Crippen molar-refractivity contribution in [2.24, 2.45) is 0 Å². The van der Waals surface area contributed by atoms with Crippen LogP contribution in [-0.2, 0) is 0 Å². The van der Waals surface area contributed by atoms with E-state index in [-0.39, 0.29) is 6.04 Å². The van der Waals surface area contributed by atoms with E-state index in [1.807, 2.05) is 41.2 Å². The maximum absolute atomic E-state index is 4.50. The van der Waals surface area contributed by atoms with Gasteiger partial charge < -0.3 is 10.2 Å². The summed E-state index contributed by atoms with van der Waals surface area (Å²) in [7, 11) is 4.18. The van der Waals surface area contributed by atoms with E-state index < -0.39 is 0 Å². The van der Waals surface area contributed by atoms with Crippen LogP contribution in [-0.4, -0.2) is 45.3 Å². The van der Waals surface area contributed by atoms with Crippen molar-refractivity contribution in [3.8, 4) is 5.69 Å². The predicted octanol–water partition coefficient (Wildman–Crippen LogP) is 3.59. The van der Waals surface area contributed by atoms with Gasteiger partial charge in [-0.3, -0.25) is 0 Å². The number of hydrogen-bond acceptors (Lipinski definition) is 6. The highest BCUT2D eigenvalue weighted by Crippen LogP contribution is 2.26. The molecule has 3 aromatic heterocycles. The average molecular weight is 364 g/mol. The van der Waals surface area contributed by atoms with E-state index in [9.17, 15) is 0 Å². The number of hydrogen-bond donors (Lipinski definition) is 1. The molecule has 4 rings (SSSR count). The van der Waals surface area contributed by atoms with Crippen molar-refractivity contribution in [3.63, 3.8) is 0 Å². The summed E-state index contributed by atoms with van der Waals surface area (Å²) in [6, 6.07) is 14.5. The van der Waals surface area contributed by atoms with Crippen molar-refractivity contribution in [1.29, 1.82) is 0 Å². The number of fused-ring (bicyclic) bond motifs is 1. The average Bonchev–Trinajstić information content (AvgIpc) is 3.32. The molecule has 26 heavy (non-hydrogen) atoms. The van der Waals surface area contributed by atoms with Crippen LogP contribution in [0.5, 0.6) is 0 Å². The van der Waals surface area contributed by atoms with Crippen LogP contribution in [0.3, 0.4) is 0 Å². The van der Waals surface area contributed by atoms with Crippen molar-refractivity contribution in [2.75, 3.05) is 26.0 Å². The number of para-hydroxylation sites is 1. The van der Waals surface area contributed by atoms with Crippen molar-refractivity contribution >= 4 is 28.2 Å². The normalized spacial score (nSPS) is 12.6. The minimum Gasteiger partial charge on any atom is -0.367 e. The van der Waals surface area contributed by atoms with Crippen LogP contribution in [0, 0.1) is 0 Å². The van der Waals surface area contributed by atoms with Crippen molar-refractivity contribution in [3.05, 3.63) is 65.2 Å². The van der Waals surface area contributed by atoms with E-state index in [1.54, 1.807) is 17.7 Å². The molecule has 6 nitrogen and oxygen atoms in total. The zero-order chi connectivity index (χ0) is 17.9. The van der Waals surface area contributed by atoms with Gasteiger partial charge in [-0.15, -0.1) is 11.3 Å². The van der Waals surface area contributed by atoms with Gasteiger partial charge in [-0.25, -0.2) is 14.6 Å². The molecule has 0 amide bonds. The lowest BCUT2D eigenvalue weighted by Crippen LogP contribution is -2.26. The smallest absolute Gasteiger partial charge is 0.168 e. The second kappa shape index (κ2) is 7.23. The molecule has 0 aliphatic heterocycles. The number of anilines is 1. The molecule has 0 spiro atoms. The van der Waals surface area contributed by atoms with Crippen molar-refractivity contribution < 1.29 is 0 Å². The molecule has 132 valence electrons. The van der Waals surface area contributed by atoms with Crippen LogP contribution in [0.2, 0.25) is 0 Å². The lowest BCUT2D eigenvalue weighted by atomic mass is 10.2. The van der Waals surface area contributed by atoms with Gasteiger partial charge in [-0.2, -0.15) is 5.10 Å². The van der Waals surface area contributed by atoms with Crippen LogP contribution in [0.25, 0.3) is 16.7 Å². The van der Waals surface area contributed by atoms with Gasteiger partial charge in [0.15, 0.2) is 5.65 Å². The van der Waals surface area contributed by atoms with E-state index in [0.717, 1.165) is 29.1 Å². The molecule has 0 radical (unpaired) electrons. The van der Waals surface area contributed by atoms with E-state index in [0.29, 0.717) is 0 Å². The number of likely N-dealkylation sites (N-methyl/N-ethyl adjacent to an activating group) is 1. The van der Waals surface area contributed by atoms with E-state index in [4.69, 9.17) is 0 Å². The molecule has 0 aliphatic carbocycles. The second-order valence-electron chi connectivity index (χ2n) is 6.23. The maximum Gasteiger partial charge on any atom is 0.168 e. The highest BCUT2D eigenvalue weighted by atomic mass is 32.1. The summed E-state index contributed by atoms with van der Waals surface area (Å²) in [6.07, 6.45) is 3.40. The largest absolute Gasteiger partial charge is 0.367 e. The Morgan fingerprint density at radius 3 is 2.69 bits per heavy atom. The van der Waals surface area contributed by atoms with Gasteiger partial charge in [0.2, 0.25) is 0 Å². The number of nitrogens with zero attached hydrogens (tertiary/aromatic N) is 5. The summed E-state index contributed by atoms with van der Waals surface area (Å²) in [6.45, 7) is 0.760. The molecule has 0 unspecified atom stereocenters. The van der Waals surface area contributed by atoms with E-state index >= 15 is 0 Å². The number of thiophene rings is 1. The zero-order valence-corrected chi connectivity index (χ0v) is 15.5. The quantitative estimate of drug-likeness (QED) is 0.567. The molecular weight excluding hydrogens is 344 g/mol. The molecule has 0 fully saturated rings. The molecule has 0 saturated heterocycles. The first-order valence-corrected chi connectivity index (χ1v) is 9.30. The molecule has 0 aliphatic rings. The molecule has 7 heteroatoms. The minimum absolute atomic E-state index is 0.282. The monoisotopic (exact) mass is 364 g/mol. The van der Waals surface area contributed by atoms with E-state index in [1.165, 1.54) is 4.88 Å². The fourth-order valence-electron chi connectivity index (χ4n) is 2.95. The van der Waals surface area contributed by atoms with Gasteiger partial charge in [0.1, 0.15) is 12.1 Å². The number of nitrogens with one attached hydrogen (secondary N) is 1. The highest BCUT2D eigenvalue weighted by molar-refractivity contribution is 7.10. The van der Waals surface area contributed by atoms with E-state index in [2.05, 4.69) is 56.9 Å². The van der Waals surface area contributed by atoms with Gasteiger partial charge in [-0.1, -0.05) is 24.3 Å². The molecule has 1 N–H and O–H groups in total. The Morgan fingerprint density at radius 1 is 1.12 bits per heavy atom. The lowest BCUT2D eigenvalue weighted by Gasteiger charge is -2.23. The fraction of sp³-hybridized carbons (Fsp3) is 0.211. The van der Waals surface area contributed by atoms with Crippen LogP contribution in [0.15, 0.2) is 60.4 Å². The minimum atomic E-state index is 0.282. The molecule has 0 bridgehead atoms. The Kier molecular flexibility index (Phi) is 4.64. The van der Waals surface area contributed by atoms with Crippen molar-refractivity contribution in [1.82, 2.24) is 24.6 Å². The Labute approximate surface area is 156 Å². The number of benzene rings is 1. The molecular formula is C19H20N6S. The summed E-state index contributed by atoms with van der Waals surface area (Å²) in [5.41, 5.74) is 1.78. The van der Waals surface area contributed by atoms with Gasteiger partial charge in [0.05, 0.1) is 23.3 Å². The summed E-state index contributed by atoms with van der Waals surface area (Å²) >= 11 is 1.77.